The van der Waals surface area contributed by atoms with E-state index < -0.39 is 0 Å². The fraction of sp³-hybridized carbons (Fsp3) is 0.588. The van der Waals surface area contributed by atoms with Crippen LogP contribution in [-0.2, 0) is 16.0 Å². The lowest BCUT2D eigenvalue weighted by molar-refractivity contribution is -0.121. The third kappa shape index (κ3) is 7.95. The molecule has 0 fully saturated rings. The van der Waals surface area contributed by atoms with Gasteiger partial charge in [0.1, 0.15) is 0 Å². The number of nitrogens with one attached hydrogen (secondary N) is 1. The van der Waals surface area contributed by atoms with E-state index in [0.717, 1.165) is 19.3 Å². The van der Waals surface area contributed by atoms with Gasteiger partial charge in [0, 0.05) is 19.6 Å². The third-order valence-corrected chi connectivity index (χ3v) is 3.08. The van der Waals surface area contributed by atoms with Crippen molar-refractivity contribution in [3.8, 4) is 0 Å². The van der Waals surface area contributed by atoms with Crippen molar-refractivity contribution in [2.75, 3.05) is 13.2 Å². The molecular weight excluding hydrogens is 250 g/mol. The molecule has 0 aliphatic rings. The predicted molar refractivity (Wildman–Crippen MR) is 82.8 cm³/mol. The molecular formula is C17H27NO2. The van der Waals surface area contributed by atoms with Crippen molar-refractivity contribution in [1.29, 1.82) is 0 Å². The van der Waals surface area contributed by atoms with Crippen LogP contribution < -0.4 is 5.32 Å². The van der Waals surface area contributed by atoms with E-state index >= 15 is 0 Å². The van der Waals surface area contributed by atoms with Crippen molar-refractivity contribution >= 4 is 5.91 Å². The average molecular weight is 277 g/mol. The summed E-state index contributed by atoms with van der Waals surface area (Å²) in [5.74, 6) is 0.140. The highest BCUT2D eigenvalue weighted by Crippen LogP contribution is 2.07. The van der Waals surface area contributed by atoms with Crippen molar-refractivity contribution in [2.45, 2.75) is 52.6 Å². The van der Waals surface area contributed by atoms with Gasteiger partial charge in [0.25, 0.3) is 0 Å². The molecule has 1 aromatic carbocycles. The zero-order valence-electron chi connectivity index (χ0n) is 12.9. The van der Waals surface area contributed by atoms with Crippen LogP contribution in [0.25, 0.3) is 0 Å². The van der Waals surface area contributed by atoms with E-state index in [1.807, 2.05) is 13.8 Å². The van der Waals surface area contributed by atoms with Gasteiger partial charge in [-0.05, 0) is 45.6 Å². The smallest absolute Gasteiger partial charge is 0.220 e. The molecule has 0 heterocycles. The Labute approximate surface area is 122 Å². The summed E-state index contributed by atoms with van der Waals surface area (Å²) < 4.78 is 5.42. The number of benzene rings is 1. The highest BCUT2D eigenvalue weighted by Gasteiger charge is 2.01. The lowest BCUT2D eigenvalue weighted by Gasteiger charge is -2.08. The molecule has 112 valence electrons. The van der Waals surface area contributed by atoms with E-state index in [0.29, 0.717) is 19.6 Å². The molecule has 0 unspecified atom stereocenters. The fourth-order valence-corrected chi connectivity index (χ4v) is 1.92. The number of amides is 1. The summed E-state index contributed by atoms with van der Waals surface area (Å²) in [5.41, 5.74) is 2.57. The highest BCUT2D eigenvalue weighted by atomic mass is 16.5. The lowest BCUT2D eigenvalue weighted by Crippen LogP contribution is -2.25. The Balaban J connectivity index is 2.04. The van der Waals surface area contributed by atoms with Gasteiger partial charge in [-0.1, -0.05) is 29.8 Å². The largest absolute Gasteiger partial charge is 0.379 e. The number of hydrogen-bond donors (Lipinski definition) is 1. The summed E-state index contributed by atoms with van der Waals surface area (Å²) in [6.07, 6.45) is 3.60. The number of aryl methyl sites for hydroxylation is 2. The first-order chi connectivity index (χ1) is 9.58. The fourth-order valence-electron chi connectivity index (χ4n) is 1.92. The second kappa shape index (κ2) is 9.54. The molecule has 0 spiro atoms. The molecule has 0 radical (unpaired) electrons. The van der Waals surface area contributed by atoms with Crippen molar-refractivity contribution in [2.24, 2.45) is 0 Å². The Morgan fingerprint density at radius 3 is 2.55 bits per heavy atom. The van der Waals surface area contributed by atoms with Gasteiger partial charge < -0.3 is 10.1 Å². The molecule has 1 amide bonds. The maximum absolute atomic E-state index is 11.6. The van der Waals surface area contributed by atoms with Crippen LogP contribution in [0.5, 0.6) is 0 Å². The van der Waals surface area contributed by atoms with Crippen LogP contribution in [0, 0.1) is 6.92 Å². The number of hydrogen-bond acceptors (Lipinski definition) is 2. The first-order valence-electron chi connectivity index (χ1n) is 7.52. The molecule has 0 aliphatic heterocycles. The first-order valence-corrected chi connectivity index (χ1v) is 7.52. The Kier molecular flexibility index (Phi) is 7.97. The van der Waals surface area contributed by atoms with E-state index in [2.05, 4.69) is 36.5 Å². The van der Waals surface area contributed by atoms with Crippen LogP contribution in [0.1, 0.15) is 44.2 Å². The van der Waals surface area contributed by atoms with Gasteiger partial charge >= 0.3 is 0 Å². The third-order valence-electron chi connectivity index (χ3n) is 3.08. The van der Waals surface area contributed by atoms with Gasteiger partial charge in [-0.25, -0.2) is 0 Å². The Morgan fingerprint density at radius 1 is 1.20 bits per heavy atom. The highest BCUT2D eigenvalue weighted by molar-refractivity contribution is 5.75. The molecule has 0 saturated carbocycles. The minimum absolute atomic E-state index is 0.140. The van der Waals surface area contributed by atoms with Crippen molar-refractivity contribution < 1.29 is 9.53 Å². The summed E-state index contributed by atoms with van der Waals surface area (Å²) in [7, 11) is 0. The second-order valence-corrected chi connectivity index (χ2v) is 5.46. The van der Waals surface area contributed by atoms with Gasteiger partial charge in [-0.3, -0.25) is 4.79 Å². The lowest BCUT2D eigenvalue weighted by atomic mass is 10.1. The van der Waals surface area contributed by atoms with E-state index in [4.69, 9.17) is 4.74 Å². The van der Waals surface area contributed by atoms with Gasteiger partial charge in [-0.2, -0.15) is 0 Å². The standard InChI is InChI=1S/C17H27NO2/c1-14(2)20-13-5-12-18-17(19)7-4-6-16-10-8-15(3)9-11-16/h8-11,14H,4-7,12-13H2,1-3H3,(H,18,19). The molecule has 3 heteroatoms. The normalized spacial score (nSPS) is 10.8. The second-order valence-electron chi connectivity index (χ2n) is 5.46. The predicted octanol–water partition coefficient (Wildman–Crippen LogP) is 3.25. The van der Waals surface area contributed by atoms with Gasteiger partial charge in [-0.15, -0.1) is 0 Å². The van der Waals surface area contributed by atoms with Crippen molar-refractivity contribution in [3.63, 3.8) is 0 Å². The quantitative estimate of drug-likeness (QED) is 0.704. The number of carbonyl (C=O) groups excluding carboxylic acids is 1. The molecule has 20 heavy (non-hydrogen) atoms. The van der Waals surface area contributed by atoms with Gasteiger partial charge in [0.05, 0.1) is 6.10 Å². The van der Waals surface area contributed by atoms with Crippen LogP contribution in [0.2, 0.25) is 0 Å². The topological polar surface area (TPSA) is 38.3 Å². The zero-order valence-corrected chi connectivity index (χ0v) is 12.9. The molecule has 0 aliphatic carbocycles. The monoisotopic (exact) mass is 277 g/mol. The molecule has 1 rings (SSSR count). The Morgan fingerprint density at radius 2 is 1.90 bits per heavy atom. The number of carbonyl (C=O) groups is 1. The van der Waals surface area contributed by atoms with Crippen LogP contribution in [0.4, 0.5) is 0 Å². The van der Waals surface area contributed by atoms with E-state index in [1.165, 1.54) is 11.1 Å². The average Bonchev–Trinajstić information content (AvgIpc) is 2.40. The molecule has 0 atom stereocenters. The minimum atomic E-state index is 0.140. The Bertz CT molecular complexity index is 384. The molecule has 1 aromatic rings. The van der Waals surface area contributed by atoms with Crippen LogP contribution in [0.15, 0.2) is 24.3 Å². The van der Waals surface area contributed by atoms with Crippen molar-refractivity contribution in [3.05, 3.63) is 35.4 Å². The van der Waals surface area contributed by atoms with E-state index in [-0.39, 0.29) is 12.0 Å². The van der Waals surface area contributed by atoms with Crippen LogP contribution in [-0.4, -0.2) is 25.2 Å². The minimum Gasteiger partial charge on any atom is -0.379 e. The molecule has 0 saturated heterocycles. The molecule has 3 nitrogen and oxygen atoms in total. The summed E-state index contributed by atoms with van der Waals surface area (Å²) >= 11 is 0. The number of ether oxygens (including phenoxy) is 1. The molecule has 1 N–H and O–H groups in total. The van der Waals surface area contributed by atoms with Gasteiger partial charge in [0.2, 0.25) is 5.91 Å². The number of rotatable bonds is 9. The maximum Gasteiger partial charge on any atom is 0.220 e. The van der Waals surface area contributed by atoms with Crippen molar-refractivity contribution in [1.82, 2.24) is 5.32 Å². The summed E-state index contributed by atoms with van der Waals surface area (Å²) in [6, 6.07) is 8.50. The SMILES string of the molecule is Cc1ccc(CCCC(=O)NCCCOC(C)C)cc1. The molecule has 0 aromatic heterocycles. The molecule has 0 bridgehead atoms. The van der Waals surface area contributed by atoms with Gasteiger partial charge in [0.15, 0.2) is 0 Å². The van der Waals surface area contributed by atoms with Crippen LogP contribution >= 0.6 is 0 Å². The van der Waals surface area contributed by atoms with E-state index in [1.54, 1.807) is 0 Å². The summed E-state index contributed by atoms with van der Waals surface area (Å²) in [5, 5.41) is 2.93. The first kappa shape index (κ1) is 16.7. The Hall–Kier alpha value is -1.35. The van der Waals surface area contributed by atoms with Crippen LogP contribution in [0.3, 0.4) is 0 Å². The van der Waals surface area contributed by atoms with E-state index in [9.17, 15) is 4.79 Å². The maximum atomic E-state index is 11.6. The summed E-state index contributed by atoms with van der Waals surface area (Å²) in [6.45, 7) is 7.53. The zero-order chi connectivity index (χ0) is 14.8. The summed E-state index contributed by atoms with van der Waals surface area (Å²) in [4.78, 5) is 11.6.